The van der Waals surface area contributed by atoms with Crippen LogP contribution in [0.4, 0.5) is 0 Å². The van der Waals surface area contributed by atoms with Gasteiger partial charge in [0.05, 0.1) is 32.6 Å². The lowest BCUT2D eigenvalue weighted by molar-refractivity contribution is -0.0210. The number of hydrogen-bond donors (Lipinski definition) is 1. The van der Waals surface area contributed by atoms with E-state index in [0.717, 1.165) is 22.4 Å². The zero-order valence-corrected chi connectivity index (χ0v) is 18.8. The van der Waals surface area contributed by atoms with Crippen molar-refractivity contribution in [2.75, 3.05) is 20.8 Å². The van der Waals surface area contributed by atoms with Crippen LogP contribution < -0.4 is 18.9 Å². The molecule has 170 valence electrons. The number of aromatic hydroxyl groups is 1. The van der Waals surface area contributed by atoms with E-state index in [1.54, 1.807) is 26.4 Å². The molecule has 0 spiro atoms. The number of fused-ring (bicyclic) bond motifs is 3. The molecular formula is C26H26N2O5. The van der Waals surface area contributed by atoms with Gasteiger partial charge in [-0.25, -0.2) is 5.01 Å². The molecule has 0 saturated carbocycles. The molecule has 2 aliphatic rings. The van der Waals surface area contributed by atoms with Crippen molar-refractivity contribution in [2.24, 2.45) is 5.10 Å². The quantitative estimate of drug-likeness (QED) is 0.571. The van der Waals surface area contributed by atoms with Crippen LogP contribution in [0.1, 0.15) is 42.3 Å². The molecule has 1 N–H and O–H groups in total. The van der Waals surface area contributed by atoms with Crippen LogP contribution in [-0.2, 0) is 0 Å². The van der Waals surface area contributed by atoms with Crippen LogP contribution in [0.25, 0.3) is 0 Å². The molecule has 0 amide bonds. The summed E-state index contributed by atoms with van der Waals surface area (Å²) in [6.07, 6.45) is 0.123. The van der Waals surface area contributed by atoms with Gasteiger partial charge in [0.15, 0.2) is 23.0 Å². The molecule has 5 rings (SSSR count). The lowest BCUT2D eigenvalue weighted by atomic mass is 9.95. The van der Waals surface area contributed by atoms with Crippen LogP contribution in [0.2, 0.25) is 0 Å². The average molecular weight is 447 g/mol. The number of rotatable bonds is 6. The fourth-order valence-corrected chi connectivity index (χ4v) is 4.46. The molecule has 2 aliphatic heterocycles. The van der Waals surface area contributed by atoms with E-state index in [-0.39, 0.29) is 11.8 Å². The fraction of sp³-hybridized carbons (Fsp3) is 0.269. The highest BCUT2D eigenvalue weighted by Crippen LogP contribution is 2.51. The summed E-state index contributed by atoms with van der Waals surface area (Å²) >= 11 is 0. The summed E-state index contributed by atoms with van der Waals surface area (Å²) < 4.78 is 23.4. The number of para-hydroxylation sites is 2. The van der Waals surface area contributed by atoms with Gasteiger partial charge >= 0.3 is 0 Å². The van der Waals surface area contributed by atoms with Crippen molar-refractivity contribution >= 4 is 5.71 Å². The van der Waals surface area contributed by atoms with Gasteiger partial charge in [-0.15, -0.1) is 0 Å². The summed E-state index contributed by atoms with van der Waals surface area (Å²) in [6.45, 7) is 2.48. The summed E-state index contributed by atoms with van der Waals surface area (Å²) in [4.78, 5) is 0. The Hall–Kier alpha value is -3.87. The minimum absolute atomic E-state index is 0.0685. The van der Waals surface area contributed by atoms with Crippen molar-refractivity contribution in [3.8, 4) is 28.7 Å². The van der Waals surface area contributed by atoms with E-state index in [2.05, 4.69) is 0 Å². The van der Waals surface area contributed by atoms with Gasteiger partial charge in [-0.05, 0) is 43.3 Å². The molecule has 7 nitrogen and oxygen atoms in total. The maximum Gasteiger partial charge on any atom is 0.214 e. The first-order chi connectivity index (χ1) is 16.1. The Labute approximate surface area is 192 Å². The van der Waals surface area contributed by atoms with Crippen molar-refractivity contribution in [1.82, 2.24) is 5.01 Å². The van der Waals surface area contributed by atoms with Crippen LogP contribution in [-0.4, -0.2) is 36.7 Å². The van der Waals surface area contributed by atoms with E-state index in [9.17, 15) is 5.11 Å². The molecule has 0 fully saturated rings. The van der Waals surface area contributed by atoms with Crippen LogP contribution in [0, 0.1) is 0 Å². The van der Waals surface area contributed by atoms with Gasteiger partial charge in [0.2, 0.25) is 6.23 Å². The molecule has 0 saturated heterocycles. The Balaban J connectivity index is 1.62. The topological polar surface area (TPSA) is 72.8 Å². The van der Waals surface area contributed by atoms with Gasteiger partial charge in [-0.3, -0.25) is 0 Å². The molecule has 33 heavy (non-hydrogen) atoms. The maximum absolute atomic E-state index is 10.4. The second-order valence-corrected chi connectivity index (χ2v) is 7.86. The number of nitrogens with zero attached hydrogens (tertiary/aromatic N) is 2. The van der Waals surface area contributed by atoms with E-state index in [1.165, 1.54) is 0 Å². The second kappa shape index (κ2) is 8.58. The molecule has 0 unspecified atom stereocenters. The van der Waals surface area contributed by atoms with Gasteiger partial charge in [-0.1, -0.05) is 24.3 Å². The first-order valence-electron chi connectivity index (χ1n) is 10.9. The molecule has 2 heterocycles. The monoisotopic (exact) mass is 446 g/mol. The third kappa shape index (κ3) is 3.59. The number of phenolic OH excluding ortho intramolecular Hbond substituents is 1. The highest BCUT2D eigenvalue weighted by molar-refractivity contribution is 6.04. The Morgan fingerprint density at radius 3 is 2.58 bits per heavy atom. The van der Waals surface area contributed by atoms with Crippen molar-refractivity contribution < 1.29 is 24.1 Å². The van der Waals surface area contributed by atoms with Crippen LogP contribution in [0.15, 0.2) is 65.8 Å². The van der Waals surface area contributed by atoms with Gasteiger partial charge in [0, 0.05) is 23.1 Å². The SMILES string of the molecule is CCOc1ccc([C@H]2Oc3c(OC)cccc3[C@H]3CC(c4ccccc4O)=NN32)cc1OC. The highest BCUT2D eigenvalue weighted by Gasteiger charge is 2.42. The van der Waals surface area contributed by atoms with Crippen LogP contribution in [0.3, 0.4) is 0 Å². The van der Waals surface area contributed by atoms with E-state index in [0.29, 0.717) is 36.0 Å². The van der Waals surface area contributed by atoms with Crippen molar-refractivity contribution in [2.45, 2.75) is 25.6 Å². The zero-order chi connectivity index (χ0) is 22.9. The van der Waals surface area contributed by atoms with E-state index < -0.39 is 6.23 Å². The summed E-state index contributed by atoms with van der Waals surface area (Å²) in [5, 5.41) is 17.3. The van der Waals surface area contributed by atoms with Gasteiger partial charge in [0.1, 0.15) is 5.75 Å². The molecule has 3 aromatic carbocycles. The van der Waals surface area contributed by atoms with Crippen molar-refractivity contribution in [3.63, 3.8) is 0 Å². The van der Waals surface area contributed by atoms with Crippen LogP contribution >= 0.6 is 0 Å². The Bertz CT molecular complexity index is 1210. The zero-order valence-electron chi connectivity index (χ0n) is 18.8. The predicted octanol–water partition coefficient (Wildman–Crippen LogP) is 5.05. The summed E-state index contributed by atoms with van der Waals surface area (Å²) in [5.41, 5.74) is 3.40. The molecule has 7 heteroatoms. The summed E-state index contributed by atoms with van der Waals surface area (Å²) in [6, 6.07) is 18.8. The number of ether oxygens (including phenoxy) is 4. The Morgan fingerprint density at radius 1 is 1.00 bits per heavy atom. The molecule has 0 aliphatic carbocycles. The standard InChI is InChI=1S/C26H26N2O5/c1-4-32-22-13-12-16(14-24(22)31-3)26-28-20(18-9-7-11-23(30-2)25(18)33-26)15-19(27-28)17-8-5-6-10-21(17)29/h5-14,20,26,29H,4,15H2,1-3H3/t20-,26-/m1/s1. The molecule has 0 radical (unpaired) electrons. The Morgan fingerprint density at radius 2 is 1.82 bits per heavy atom. The van der Waals surface area contributed by atoms with E-state index in [4.69, 9.17) is 24.0 Å². The third-order valence-electron chi connectivity index (χ3n) is 5.99. The summed E-state index contributed by atoms with van der Waals surface area (Å²) in [5.74, 6) is 2.89. The molecule has 3 aromatic rings. The maximum atomic E-state index is 10.4. The van der Waals surface area contributed by atoms with Crippen LogP contribution in [0.5, 0.6) is 28.7 Å². The number of hydrazone groups is 1. The number of methoxy groups -OCH3 is 2. The second-order valence-electron chi connectivity index (χ2n) is 7.86. The minimum atomic E-state index is -0.508. The average Bonchev–Trinajstić information content (AvgIpc) is 3.29. The highest BCUT2D eigenvalue weighted by atomic mass is 16.5. The first-order valence-corrected chi connectivity index (χ1v) is 10.9. The number of phenols is 1. The fourth-order valence-electron chi connectivity index (χ4n) is 4.46. The Kier molecular flexibility index (Phi) is 5.46. The normalized spacial score (nSPS) is 18.6. The summed E-state index contributed by atoms with van der Waals surface area (Å²) in [7, 11) is 3.26. The minimum Gasteiger partial charge on any atom is -0.507 e. The number of benzene rings is 3. The first kappa shape index (κ1) is 21.0. The van der Waals surface area contributed by atoms with Crippen molar-refractivity contribution in [1.29, 1.82) is 0 Å². The van der Waals surface area contributed by atoms with E-state index >= 15 is 0 Å². The molecule has 0 aromatic heterocycles. The van der Waals surface area contributed by atoms with Gasteiger partial charge in [0.25, 0.3) is 0 Å². The largest absolute Gasteiger partial charge is 0.507 e. The van der Waals surface area contributed by atoms with Gasteiger partial charge < -0.3 is 24.1 Å². The smallest absolute Gasteiger partial charge is 0.214 e. The van der Waals surface area contributed by atoms with Gasteiger partial charge in [-0.2, -0.15) is 5.10 Å². The lowest BCUT2D eigenvalue weighted by Gasteiger charge is -2.38. The van der Waals surface area contributed by atoms with E-state index in [1.807, 2.05) is 60.5 Å². The number of hydrogen-bond acceptors (Lipinski definition) is 7. The van der Waals surface area contributed by atoms with Crippen molar-refractivity contribution in [3.05, 3.63) is 77.4 Å². The predicted molar refractivity (Wildman–Crippen MR) is 124 cm³/mol. The molecule has 2 atom stereocenters. The lowest BCUT2D eigenvalue weighted by Crippen LogP contribution is -2.33. The third-order valence-corrected chi connectivity index (χ3v) is 5.99. The molecule has 0 bridgehead atoms. The molecular weight excluding hydrogens is 420 g/mol.